The fourth-order valence-corrected chi connectivity index (χ4v) is 4.96. The molecule has 5 nitrogen and oxygen atoms in total. The van der Waals surface area contributed by atoms with E-state index in [2.05, 4.69) is 52.6 Å². The number of rotatable bonds is 5. The molecule has 0 amide bonds. The van der Waals surface area contributed by atoms with Crippen molar-refractivity contribution < 1.29 is 4.39 Å². The lowest BCUT2D eigenvalue weighted by Crippen LogP contribution is -2.23. The highest BCUT2D eigenvalue weighted by Gasteiger charge is 2.20. The van der Waals surface area contributed by atoms with Crippen molar-refractivity contribution in [3.63, 3.8) is 0 Å². The standard InChI is InChI=1S/C25H26FN5S/c1-4-21-24(30(3)25-28-22(16-32-25)18-5-8-20(26)9-6-18)31-15-19(7-10-23(31)27-21)17-11-13-29(2)14-12-17/h5-11,15-16H,4,12-14H2,1-3H3. The summed E-state index contributed by atoms with van der Waals surface area (Å²) in [5, 5.41) is 2.90. The van der Waals surface area contributed by atoms with Crippen molar-refractivity contribution in [3.8, 4) is 11.3 Å². The molecule has 0 spiro atoms. The number of imidazole rings is 1. The molecule has 164 valence electrons. The Balaban J connectivity index is 1.54. The number of nitrogens with zero attached hydrogens (tertiary/aromatic N) is 5. The van der Waals surface area contributed by atoms with Crippen molar-refractivity contribution in [1.29, 1.82) is 0 Å². The van der Waals surface area contributed by atoms with E-state index in [-0.39, 0.29) is 5.82 Å². The molecule has 1 aromatic carbocycles. The number of aromatic nitrogens is 3. The second-order valence-electron chi connectivity index (χ2n) is 8.20. The summed E-state index contributed by atoms with van der Waals surface area (Å²) in [4.78, 5) is 14.2. The van der Waals surface area contributed by atoms with Gasteiger partial charge in [-0.3, -0.25) is 4.40 Å². The number of benzene rings is 1. The molecule has 0 N–H and O–H groups in total. The van der Waals surface area contributed by atoms with Gasteiger partial charge in [0.15, 0.2) is 5.13 Å². The third kappa shape index (κ3) is 3.82. The van der Waals surface area contributed by atoms with Gasteiger partial charge in [0.1, 0.15) is 17.3 Å². The summed E-state index contributed by atoms with van der Waals surface area (Å²) in [6.45, 7) is 4.19. The van der Waals surface area contributed by atoms with E-state index in [9.17, 15) is 4.39 Å². The number of hydrogen-bond acceptors (Lipinski definition) is 5. The summed E-state index contributed by atoms with van der Waals surface area (Å²) in [5.41, 5.74) is 6.37. The van der Waals surface area contributed by atoms with E-state index in [0.29, 0.717) is 0 Å². The highest BCUT2D eigenvalue weighted by atomic mass is 32.1. The Morgan fingerprint density at radius 2 is 1.88 bits per heavy atom. The van der Waals surface area contributed by atoms with E-state index in [4.69, 9.17) is 9.97 Å². The van der Waals surface area contributed by atoms with E-state index < -0.39 is 0 Å². The molecule has 0 aliphatic carbocycles. The summed E-state index contributed by atoms with van der Waals surface area (Å²) in [7, 11) is 4.19. The maximum Gasteiger partial charge on any atom is 0.191 e. The Morgan fingerprint density at radius 3 is 2.59 bits per heavy atom. The topological polar surface area (TPSA) is 36.7 Å². The average molecular weight is 448 g/mol. The number of hydrogen-bond donors (Lipinski definition) is 0. The van der Waals surface area contributed by atoms with Crippen LogP contribution in [0.1, 0.15) is 24.6 Å². The molecule has 0 saturated heterocycles. The quantitative estimate of drug-likeness (QED) is 0.396. The molecular formula is C25H26FN5S. The normalized spacial score (nSPS) is 14.7. The molecular weight excluding hydrogens is 421 g/mol. The zero-order valence-corrected chi connectivity index (χ0v) is 19.4. The minimum absolute atomic E-state index is 0.241. The second-order valence-corrected chi connectivity index (χ2v) is 9.04. The highest BCUT2D eigenvalue weighted by molar-refractivity contribution is 7.14. The molecule has 0 saturated carbocycles. The summed E-state index contributed by atoms with van der Waals surface area (Å²) in [6.07, 6.45) is 6.41. The molecule has 0 unspecified atom stereocenters. The van der Waals surface area contributed by atoms with Crippen LogP contribution in [0.3, 0.4) is 0 Å². The molecule has 7 heteroatoms. The molecule has 0 fully saturated rings. The molecule has 3 aromatic heterocycles. The largest absolute Gasteiger partial charge is 0.305 e. The number of likely N-dealkylation sites (N-methyl/N-ethyl adjacent to an activating group) is 1. The van der Waals surface area contributed by atoms with Gasteiger partial charge >= 0.3 is 0 Å². The SMILES string of the molecule is CCc1nc2ccc(C3=CCN(C)CC3)cn2c1N(C)c1nc(-c2ccc(F)cc2)cs1. The molecule has 0 bridgehead atoms. The van der Waals surface area contributed by atoms with Crippen LogP contribution in [0.25, 0.3) is 22.5 Å². The summed E-state index contributed by atoms with van der Waals surface area (Å²) < 4.78 is 15.5. The first kappa shape index (κ1) is 20.8. The van der Waals surface area contributed by atoms with E-state index in [1.165, 1.54) is 23.3 Å². The van der Waals surface area contributed by atoms with Gasteiger partial charge in [-0.05, 0) is 67.4 Å². The van der Waals surface area contributed by atoms with Crippen LogP contribution < -0.4 is 4.90 Å². The van der Waals surface area contributed by atoms with Gasteiger partial charge in [-0.1, -0.05) is 13.0 Å². The lowest BCUT2D eigenvalue weighted by atomic mass is 10.0. The highest BCUT2D eigenvalue weighted by Crippen LogP contribution is 2.34. The van der Waals surface area contributed by atoms with Crippen molar-refractivity contribution in [1.82, 2.24) is 19.3 Å². The Bertz CT molecular complexity index is 1290. The van der Waals surface area contributed by atoms with Crippen LogP contribution in [0.2, 0.25) is 0 Å². The van der Waals surface area contributed by atoms with Crippen molar-refractivity contribution in [2.24, 2.45) is 0 Å². The number of aryl methyl sites for hydroxylation is 1. The number of fused-ring (bicyclic) bond motifs is 1. The molecule has 4 aromatic rings. The average Bonchev–Trinajstić information content (AvgIpc) is 3.44. The Labute approximate surface area is 191 Å². The Morgan fingerprint density at radius 1 is 1.09 bits per heavy atom. The van der Waals surface area contributed by atoms with Gasteiger partial charge in [0, 0.05) is 37.3 Å². The third-order valence-corrected chi connectivity index (χ3v) is 6.93. The molecule has 0 radical (unpaired) electrons. The van der Waals surface area contributed by atoms with Crippen molar-refractivity contribution in [2.45, 2.75) is 19.8 Å². The predicted octanol–water partition coefficient (Wildman–Crippen LogP) is 5.65. The lowest BCUT2D eigenvalue weighted by molar-refractivity contribution is 0.370. The van der Waals surface area contributed by atoms with Crippen LogP contribution in [0.15, 0.2) is 54.1 Å². The van der Waals surface area contributed by atoms with Crippen LogP contribution >= 0.6 is 11.3 Å². The fourth-order valence-electron chi connectivity index (χ4n) is 4.16. The minimum atomic E-state index is -0.241. The molecule has 1 aliphatic rings. The molecule has 0 atom stereocenters. The van der Waals surface area contributed by atoms with Gasteiger partial charge in [-0.25, -0.2) is 14.4 Å². The third-order valence-electron chi connectivity index (χ3n) is 6.02. The monoisotopic (exact) mass is 447 g/mol. The maximum atomic E-state index is 13.3. The van der Waals surface area contributed by atoms with Crippen molar-refractivity contribution in [3.05, 3.63) is 71.1 Å². The van der Waals surface area contributed by atoms with Crippen LogP contribution in [-0.2, 0) is 6.42 Å². The van der Waals surface area contributed by atoms with Gasteiger partial charge in [0.05, 0.1) is 11.4 Å². The zero-order chi connectivity index (χ0) is 22.2. The summed E-state index contributed by atoms with van der Waals surface area (Å²) in [6, 6.07) is 10.8. The first-order valence-corrected chi connectivity index (χ1v) is 11.8. The van der Waals surface area contributed by atoms with E-state index in [0.717, 1.165) is 59.5 Å². The minimum Gasteiger partial charge on any atom is -0.305 e. The molecule has 4 heterocycles. The number of halogens is 1. The van der Waals surface area contributed by atoms with E-state index >= 15 is 0 Å². The van der Waals surface area contributed by atoms with Crippen molar-refractivity contribution in [2.75, 3.05) is 32.1 Å². The van der Waals surface area contributed by atoms with Gasteiger partial charge < -0.3 is 9.80 Å². The van der Waals surface area contributed by atoms with E-state index in [1.807, 2.05) is 12.4 Å². The van der Waals surface area contributed by atoms with Gasteiger partial charge in [0.2, 0.25) is 0 Å². The number of anilines is 2. The Hall–Kier alpha value is -3.03. The zero-order valence-electron chi connectivity index (χ0n) is 18.5. The molecule has 32 heavy (non-hydrogen) atoms. The van der Waals surface area contributed by atoms with Crippen LogP contribution in [0, 0.1) is 5.82 Å². The second kappa shape index (κ2) is 8.48. The van der Waals surface area contributed by atoms with Crippen molar-refractivity contribution >= 4 is 33.5 Å². The first-order chi connectivity index (χ1) is 15.5. The van der Waals surface area contributed by atoms with Gasteiger partial charge in [-0.2, -0.15) is 0 Å². The Kier molecular flexibility index (Phi) is 5.53. The van der Waals surface area contributed by atoms with Crippen LogP contribution in [0.5, 0.6) is 0 Å². The fraction of sp³-hybridized carbons (Fsp3) is 0.280. The first-order valence-electron chi connectivity index (χ1n) is 10.9. The van der Waals surface area contributed by atoms with E-state index in [1.54, 1.807) is 23.5 Å². The van der Waals surface area contributed by atoms with Gasteiger partial charge in [-0.15, -0.1) is 11.3 Å². The smallest absolute Gasteiger partial charge is 0.191 e. The summed E-state index contributed by atoms with van der Waals surface area (Å²) >= 11 is 1.58. The maximum absolute atomic E-state index is 13.3. The van der Waals surface area contributed by atoms with Gasteiger partial charge in [0.25, 0.3) is 0 Å². The van der Waals surface area contributed by atoms with Crippen LogP contribution in [-0.4, -0.2) is 46.5 Å². The lowest BCUT2D eigenvalue weighted by Gasteiger charge is -2.22. The predicted molar refractivity (Wildman–Crippen MR) is 130 cm³/mol. The summed E-state index contributed by atoms with van der Waals surface area (Å²) in [5.74, 6) is 0.799. The molecule has 5 rings (SSSR count). The molecule has 1 aliphatic heterocycles. The number of pyridine rings is 1. The van der Waals surface area contributed by atoms with Crippen LogP contribution in [0.4, 0.5) is 15.3 Å². The number of thiazole rings is 1.